The number of benzene rings is 1. The van der Waals surface area contributed by atoms with Crippen molar-refractivity contribution in [2.24, 2.45) is 0 Å². The molecule has 0 saturated carbocycles. The molecule has 1 aromatic heterocycles. The summed E-state index contributed by atoms with van der Waals surface area (Å²) in [5, 5.41) is 14.4. The second-order valence-corrected chi connectivity index (χ2v) is 5.97. The summed E-state index contributed by atoms with van der Waals surface area (Å²) in [7, 11) is 0. The number of hydrogen-bond donors (Lipinski definition) is 1. The van der Waals surface area contributed by atoms with Crippen LogP contribution in [0.25, 0.3) is 0 Å². The second-order valence-electron chi connectivity index (χ2n) is 5.97. The Kier molecular flexibility index (Phi) is 5.31. The Morgan fingerprint density at radius 2 is 2.27 bits per heavy atom. The van der Waals surface area contributed by atoms with E-state index in [0.29, 0.717) is 25.4 Å². The van der Waals surface area contributed by atoms with E-state index in [9.17, 15) is 14.9 Å². The molecule has 1 fully saturated rings. The van der Waals surface area contributed by atoms with Crippen LogP contribution in [0.1, 0.15) is 23.8 Å². The van der Waals surface area contributed by atoms with Crippen molar-refractivity contribution in [3.63, 3.8) is 0 Å². The SMILES string of the molecule is CCOc1cc(NC2CCN(C(=O)c3ccccn3)C2)ccc1[N+](=O)[O-]. The van der Waals surface area contributed by atoms with E-state index in [1.54, 1.807) is 48.4 Å². The van der Waals surface area contributed by atoms with E-state index < -0.39 is 4.92 Å². The number of nitrogens with zero attached hydrogens (tertiary/aromatic N) is 3. The Labute approximate surface area is 150 Å². The van der Waals surface area contributed by atoms with Gasteiger partial charge in [-0.3, -0.25) is 19.9 Å². The van der Waals surface area contributed by atoms with Crippen molar-refractivity contribution < 1.29 is 14.5 Å². The van der Waals surface area contributed by atoms with Crippen LogP contribution in [0, 0.1) is 10.1 Å². The summed E-state index contributed by atoms with van der Waals surface area (Å²) in [6.07, 6.45) is 2.39. The second kappa shape index (κ2) is 7.81. The molecule has 8 heteroatoms. The van der Waals surface area contributed by atoms with Gasteiger partial charge in [0, 0.05) is 43.1 Å². The number of carbonyl (C=O) groups is 1. The number of nitro groups is 1. The van der Waals surface area contributed by atoms with E-state index in [0.717, 1.165) is 12.1 Å². The molecule has 3 rings (SSSR count). The number of pyridine rings is 1. The topological polar surface area (TPSA) is 97.6 Å². The third-order valence-corrected chi connectivity index (χ3v) is 4.19. The number of amides is 1. The lowest BCUT2D eigenvalue weighted by molar-refractivity contribution is -0.385. The molecule has 2 aromatic rings. The standard InChI is InChI=1S/C18H20N4O4/c1-2-26-17-11-13(6-7-16(17)22(24)25)20-14-8-10-21(12-14)18(23)15-5-3-4-9-19-15/h3-7,9,11,14,20H,2,8,10,12H2,1H3. The normalized spacial score (nSPS) is 16.3. The van der Waals surface area contributed by atoms with Gasteiger partial charge in [0.1, 0.15) is 5.69 Å². The number of likely N-dealkylation sites (tertiary alicyclic amines) is 1. The molecule has 8 nitrogen and oxygen atoms in total. The number of aromatic nitrogens is 1. The fourth-order valence-electron chi connectivity index (χ4n) is 2.98. The third kappa shape index (κ3) is 3.90. The summed E-state index contributed by atoms with van der Waals surface area (Å²) in [5.41, 5.74) is 1.11. The molecule has 1 amide bonds. The third-order valence-electron chi connectivity index (χ3n) is 4.19. The minimum atomic E-state index is -0.461. The molecule has 0 spiro atoms. The number of anilines is 1. The van der Waals surface area contributed by atoms with Crippen molar-refractivity contribution in [3.05, 3.63) is 58.4 Å². The summed E-state index contributed by atoms with van der Waals surface area (Å²) in [6.45, 7) is 3.32. The lowest BCUT2D eigenvalue weighted by Crippen LogP contribution is -2.32. The Hall–Kier alpha value is -3.16. The van der Waals surface area contributed by atoms with Crippen molar-refractivity contribution in [1.82, 2.24) is 9.88 Å². The van der Waals surface area contributed by atoms with Crippen LogP contribution in [0.5, 0.6) is 5.75 Å². The maximum absolute atomic E-state index is 12.4. The quantitative estimate of drug-likeness (QED) is 0.631. The lowest BCUT2D eigenvalue weighted by Gasteiger charge is -2.17. The minimum absolute atomic E-state index is 0.0595. The molecule has 0 radical (unpaired) electrons. The molecule has 1 atom stereocenters. The predicted octanol–water partition coefficient (Wildman–Crippen LogP) is 2.72. The lowest BCUT2D eigenvalue weighted by atomic mass is 10.2. The molecular weight excluding hydrogens is 336 g/mol. The average molecular weight is 356 g/mol. The zero-order valence-corrected chi connectivity index (χ0v) is 14.4. The molecule has 1 aromatic carbocycles. The van der Waals surface area contributed by atoms with Crippen LogP contribution in [-0.2, 0) is 0 Å². The zero-order chi connectivity index (χ0) is 18.5. The van der Waals surface area contributed by atoms with E-state index in [2.05, 4.69) is 10.3 Å². The number of nitrogens with one attached hydrogen (secondary N) is 1. The maximum Gasteiger partial charge on any atom is 0.311 e. The number of carbonyl (C=O) groups excluding carboxylic acids is 1. The van der Waals surface area contributed by atoms with Crippen LogP contribution >= 0.6 is 0 Å². The van der Waals surface area contributed by atoms with Gasteiger partial charge in [-0.15, -0.1) is 0 Å². The van der Waals surface area contributed by atoms with Crippen molar-refractivity contribution in [1.29, 1.82) is 0 Å². The largest absolute Gasteiger partial charge is 0.487 e. The molecule has 0 aliphatic carbocycles. The van der Waals surface area contributed by atoms with E-state index in [-0.39, 0.29) is 23.4 Å². The van der Waals surface area contributed by atoms with Crippen LogP contribution in [-0.4, -0.2) is 46.5 Å². The maximum atomic E-state index is 12.4. The van der Waals surface area contributed by atoms with E-state index >= 15 is 0 Å². The van der Waals surface area contributed by atoms with Crippen LogP contribution in [0.3, 0.4) is 0 Å². The number of nitro benzene ring substituents is 1. The Morgan fingerprint density at radius 3 is 2.96 bits per heavy atom. The van der Waals surface area contributed by atoms with E-state index in [1.165, 1.54) is 6.07 Å². The molecule has 26 heavy (non-hydrogen) atoms. The molecule has 1 aliphatic rings. The first-order valence-electron chi connectivity index (χ1n) is 8.46. The summed E-state index contributed by atoms with van der Waals surface area (Å²) in [4.78, 5) is 28.9. The summed E-state index contributed by atoms with van der Waals surface area (Å²) < 4.78 is 5.37. The van der Waals surface area contributed by atoms with Crippen molar-refractivity contribution in [2.45, 2.75) is 19.4 Å². The van der Waals surface area contributed by atoms with Gasteiger partial charge in [-0.05, 0) is 31.5 Å². The van der Waals surface area contributed by atoms with Gasteiger partial charge in [-0.1, -0.05) is 6.07 Å². The van der Waals surface area contributed by atoms with Crippen LogP contribution in [0.4, 0.5) is 11.4 Å². The molecule has 136 valence electrons. The predicted molar refractivity (Wildman–Crippen MR) is 96.4 cm³/mol. The van der Waals surface area contributed by atoms with Gasteiger partial charge >= 0.3 is 5.69 Å². The molecule has 1 unspecified atom stereocenters. The molecule has 2 heterocycles. The minimum Gasteiger partial charge on any atom is -0.487 e. The molecule has 0 bridgehead atoms. The van der Waals surface area contributed by atoms with E-state index in [4.69, 9.17) is 4.74 Å². The van der Waals surface area contributed by atoms with Gasteiger partial charge in [-0.2, -0.15) is 0 Å². The van der Waals surface area contributed by atoms with Crippen LogP contribution < -0.4 is 10.1 Å². The van der Waals surface area contributed by atoms with Crippen molar-refractivity contribution in [3.8, 4) is 5.75 Å². The van der Waals surface area contributed by atoms with Gasteiger partial charge in [0.15, 0.2) is 5.75 Å². The highest BCUT2D eigenvalue weighted by atomic mass is 16.6. The zero-order valence-electron chi connectivity index (χ0n) is 14.4. The fraction of sp³-hybridized carbons (Fsp3) is 0.333. The van der Waals surface area contributed by atoms with Crippen molar-refractivity contribution in [2.75, 3.05) is 25.0 Å². The average Bonchev–Trinajstić information content (AvgIpc) is 3.10. The summed E-state index contributed by atoms with van der Waals surface area (Å²) >= 11 is 0. The highest BCUT2D eigenvalue weighted by Crippen LogP contribution is 2.31. The van der Waals surface area contributed by atoms with E-state index in [1.807, 2.05) is 0 Å². The fourth-order valence-corrected chi connectivity index (χ4v) is 2.98. The first-order valence-corrected chi connectivity index (χ1v) is 8.46. The molecule has 1 N–H and O–H groups in total. The number of rotatable bonds is 6. The van der Waals surface area contributed by atoms with Crippen molar-refractivity contribution >= 4 is 17.3 Å². The molecular formula is C18H20N4O4. The van der Waals surface area contributed by atoms with Crippen LogP contribution in [0.2, 0.25) is 0 Å². The van der Waals surface area contributed by atoms with Gasteiger partial charge < -0.3 is 15.0 Å². The first-order chi connectivity index (χ1) is 12.6. The summed E-state index contributed by atoms with van der Waals surface area (Å²) in [5.74, 6) is 0.149. The molecule has 1 aliphatic heterocycles. The van der Waals surface area contributed by atoms with Gasteiger partial charge in [0.05, 0.1) is 11.5 Å². The Balaban J connectivity index is 1.66. The van der Waals surface area contributed by atoms with Gasteiger partial charge in [0.25, 0.3) is 5.91 Å². The summed E-state index contributed by atoms with van der Waals surface area (Å²) in [6, 6.07) is 10.0. The number of hydrogen-bond acceptors (Lipinski definition) is 6. The van der Waals surface area contributed by atoms with Gasteiger partial charge in [0.2, 0.25) is 0 Å². The van der Waals surface area contributed by atoms with Crippen LogP contribution in [0.15, 0.2) is 42.6 Å². The highest BCUT2D eigenvalue weighted by molar-refractivity contribution is 5.92. The number of ether oxygens (including phenoxy) is 1. The van der Waals surface area contributed by atoms with Gasteiger partial charge in [-0.25, -0.2) is 0 Å². The Morgan fingerprint density at radius 1 is 1.42 bits per heavy atom. The smallest absolute Gasteiger partial charge is 0.311 e. The Bertz CT molecular complexity index is 797. The molecule has 1 saturated heterocycles. The monoisotopic (exact) mass is 356 g/mol. The highest BCUT2D eigenvalue weighted by Gasteiger charge is 2.28. The first kappa shape index (κ1) is 17.7.